The smallest absolute Gasteiger partial charge is 0.307 e. The first-order chi connectivity index (χ1) is 8.82. The Morgan fingerprint density at radius 3 is 2.74 bits per heavy atom. The van der Waals surface area contributed by atoms with Gasteiger partial charge in [-0.05, 0) is 31.0 Å². The SMILES string of the molecule is Cc1ccc(Cl)cc1S(=O)(=O)N1CC[C@@H](C(=O)O)C1. The van der Waals surface area contributed by atoms with Gasteiger partial charge in [0.1, 0.15) is 0 Å². The summed E-state index contributed by atoms with van der Waals surface area (Å²) in [7, 11) is -3.67. The third-order valence-corrected chi connectivity index (χ3v) is 5.51. The third-order valence-electron chi connectivity index (χ3n) is 3.27. The van der Waals surface area contributed by atoms with Crippen LogP contribution in [0.3, 0.4) is 0 Å². The first-order valence-corrected chi connectivity index (χ1v) is 7.63. The number of sulfonamides is 1. The predicted octanol–water partition coefficient (Wildman–Crippen LogP) is 1.74. The third kappa shape index (κ3) is 2.75. The predicted molar refractivity (Wildman–Crippen MR) is 70.7 cm³/mol. The van der Waals surface area contributed by atoms with Crippen molar-refractivity contribution in [1.29, 1.82) is 0 Å². The van der Waals surface area contributed by atoms with Crippen LogP contribution in [0.5, 0.6) is 0 Å². The topological polar surface area (TPSA) is 74.7 Å². The summed E-state index contributed by atoms with van der Waals surface area (Å²) in [5.41, 5.74) is 0.600. The summed E-state index contributed by atoms with van der Waals surface area (Å²) in [4.78, 5) is 11.0. The number of aryl methyl sites for hydroxylation is 1. The summed E-state index contributed by atoms with van der Waals surface area (Å²) in [5.74, 6) is -1.59. The van der Waals surface area contributed by atoms with Gasteiger partial charge < -0.3 is 5.11 Å². The first kappa shape index (κ1) is 14.3. The summed E-state index contributed by atoms with van der Waals surface area (Å²) < 4.78 is 26.1. The molecule has 1 atom stereocenters. The number of hydrogen-bond acceptors (Lipinski definition) is 3. The van der Waals surface area contributed by atoms with E-state index in [4.69, 9.17) is 16.7 Å². The molecular weight excluding hydrogens is 290 g/mol. The molecule has 5 nitrogen and oxygen atoms in total. The number of hydrogen-bond donors (Lipinski definition) is 1. The number of rotatable bonds is 3. The first-order valence-electron chi connectivity index (χ1n) is 5.81. The van der Waals surface area contributed by atoms with Crippen LogP contribution in [0.25, 0.3) is 0 Å². The van der Waals surface area contributed by atoms with E-state index in [0.717, 1.165) is 0 Å². The van der Waals surface area contributed by atoms with Crippen LogP contribution in [0.2, 0.25) is 5.02 Å². The minimum atomic E-state index is -3.67. The Bertz CT molecular complexity index is 614. The Labute approximate surface area is 116 Å². The molecule has 1 aromatic carbocycles. The highest BCUT2D eigenvalue weighted by atomic mass is 35.5. The van der Waals surface area contributed by atoms with Crippen LogP contribution in [0.15, 0.2) is 23.1 Å². The van der Waals surface area contributed by atoms with Crippen molar-refractivity contribution >= 4 is 27.6 Å². The van der Waals surface area contributed by atoms with Gasteiger partial charge in [0.2, 0.25) is 10.0 Å². The van der Waals surface area contributed by atoms with Crippen molar-refractivity contribution in [2.24, 2.45) is 5.92 Å². The molecule has 0 saturated carbocycles. The maximum Gasteiger partial charge on any atom is 0.307 e. The van der Waals surface area contributed by atoms with Crippen LogP contribution in [0.1, 0.15) is 12.0 Å². The average Bonchev–Trinajstić information content (AvgIpc) is 2.82. The molecule has 7 heteroatoms. The summed E-state index contributed by atoms with van der Waals surface area (Å²) in [6.45, 7) is 1.93. The standard InChI is InChI=1S/C12H14ClNO4S/c1-8-2-3-10(13)6-11(8)19(17,18)14-5-4-9(7-14)12(15)16/h2-3,6,9H,4-5,7H2,1H3,(H,15,16)/t9-/m1/s1. The van der Waals surface area contributed by atoms with E-state index in [0.29, 0.717) is 17.0 Å². The number of nitrogens with zero attached hydrogens (tertiary/aromatic N) is 1. The van der Waals surface area contributed by atoms with Crippen LogP contribution < -0.4 is 0 Å². The second kappa shape index (κ2) is 5.11. The van der Waals surface area contributed by atoms with Crippen LogP contribution >= 0.6 is 11.6 Å². The molecule has 0 amide bonds. The van der Waals surface area contributed by atoms with Gasteiger partial charge in [0.05, 0.1) is 10.8 Å². The lowest BCUT2D eigenvalue weighted by atomic mass is 10.1. The molecule has 104 valence electrons. The maximum absolute atomic E-state index is 12.5. The average molecular weight is 304 g/mol. The second-order valence-corrected chi connectivity index (χ2v) is 6.94. The Hall–Kier alpha value is -1.11. The Morgan fingerprint density at radius 2 is 2.16 bits per heavy atom. The number of carboxylic acid groups (broad SMARTS) is 1. The van der Waals surface area contributed by atoms with Gasteiger partial charge in [-0.15, -0.1) is 0 Å². The molecule has 1 fully saturated rings. The van der Waals surface area contributed by atoms with Crippen LogP contribution in [-0.2, 0) is 14.8 Å². The molecule has 0 unspecified atom stereocenters. The van der Waals surface area contributed by atoms with Crippen molar-refractivity contribution in [3.05, 3.63) is 28.8 Å². The molecule has 19 heavy (non-hydrogen) atoms. The number of halogens is 1. The van der Waals surface area contributed by atoms with Gasteiger partial charge in [0.15, 0.2) is 0 Å². The lowest BCUT2D eigenvalue weighted by molar-refractivity contribution is -0.141. The fraction of sp³-hybridized carbons (Fsp3) is 0.417. The van der Waals surface area contributed by atoms with Gasteiger partial charge in [-0.2, -0.15) is 4.31 Å². The van der Waals surface area contributed by atoms with E-state index in [1.165, 1.54) is 10.4 Å². The summed E-state index contributed by atoms with van der Waals surface area (Å²) in [6, 6.07) is 4.67. The van der Waals surface area contributed by atoms with Crippen LogP contribution in [0.4, 0.5) is 0 Å². The van der Waals surface area contributed by atoms with E-state index in [9.17, 15) is 13.2 Å². The van der Waals surface area contributed by atoms with E-state index in [2.05, 4.69) is 0 Å². The molecule has 1 aliphatic heterocycles. The number of aliphatic carboxylic acids is 1. The summed E-state index contributed by atoms with van der Waals surface area (Å²) in [6.07, 6.45) is 0.341. The Morgan fingerprint density at radius 1 is 1.47 bits per heavy atom. The lowest BCUT2D eigenvalue weighted by Crippen LogP contribution is -2.30. The molecule has 0 radical (unpaired) electrons. The normalized spacial score (nSPS) is 20.6. The quantitative estimate of drug-likeness (QED) is 0.923. The zero-order chi connectivity index (χ0) is 14.2. The Balaban J connectivity index is 2.33. The Kier molecular flexibility index (Phi) is 3.85. The molecule has 1 N–H and O–H groups in total. The summed E-state index contributed by atoms with van der Waals surface area (Å²) >= 11 is 5.83. The zero-order valence-electron chi connectivity index (χ0n) is 10.3. The largest absolute Gasteiger partial charge is 0.481 e. The highest BCUT2D eigenvalue weighted by Gasteiger charge is 2.36. The molecule has 2 rings (SSSR count). The van der Waals surface area contributed by atoms with E-state index in [-0.39, 0.29) is 18.0 Å². The van der Waals surface area contributed by atoms with Crippen LogP contribution in [0, 0.1) is 12.8 Å². The molecule has 0 bridgehead atoms. The zero-order valence-corrected chi connectivity index (χ0v) is 11.9. The fourth-order valence-corrected chi connectivity index (χ4v) is 4.13. The minimum absolute atomic E-state index is 0.0175. The van der Waals surface area contributed by atoms with Gasteiger partial charge in [0.25, 0.3) is 0 Å². The molecule has 0 aromatic heterocycles. The van der Waals surface area contributed by atoms with Crippen molar-refractivity contribution in [2.45, 2.75) is 18.2 Å². The lowest BCUT2D eigenvalue weighted by Gasteiger charge is -2.17. The van der Waals surface area contributed by atoms with Gasteiger partial charge in [-0.3, -0.25) is 4.79 Å². The van der Waals surface area contributed by atoms with Gasteiger partial charge in [-0.1, -0.05) is 17.7 Å². The highest BCUT2D eigenvalue weighted by molar-refractivity contribution is 7.89. The molecular formula is C12H14ClNO4S. The molecule has 0 aliphatic carbocycles. The van der Waals surface area contributed by atoms with Crippen LogP contribution in [-0.4, -0.2) is 36.9 Å². The molecule has 1 aliphatic rings. The van der Waals surface area contributed by atoms with E-state index < -0.39 is 21.9 Å². The minimum Gasteiger partial charge on any atom is -0.481 e. The molecule has 1 saturated heterocycles. The number of benzene rings is 1. The highest BCUT2D eigenvalue weighted by Crippen LogP contribution is 2.28. The van der Waals surface area contributed by atoms with Crippen molar-refractivity contribution in [3.8, 4) is 0 Å². The fourth-order valence-electron chi connectivity index (χ4n) is 2.14. The number of carboxylic acids is 1. The van der Waals surface area contributed by atoms with Crippen molar-refractivity contribution < 1.29 is 18.3 Å². The van der Waals surface area contributed by atoms with Crippen molar-refractivity contribution in [1.82, 2.24) is 4.31 Å². The van der Waals surface area contributed by atoms with Gasteiger partial charge in [0, 0.05) is 18.1 Å². The van der Waals surface area contributed by atoms with E-state index >= 15 is 0 Å². The molecule has 0 spiro atoms. The van der Waals surface area contributed by atoms with Crippen molar-refractivity contribution in [2.75, 3.05) is 13.1 Å². The number of carbonyl (C=O) groups is 1. The summed E-state index contributed by atoms with van der Waals surface area (Å²) in [5, 5.41) is 9.27. The maximum atomic E-state index is 12.5. The second-order valence-electron chi connectivity index (χ2n) is 4.60. The van der Waals surface area contributed by atoms with Crippen molar-refractivity contribution in [3.63, 3.8) is 0 Å². The van der Waals surface area contributed by atoms with E-state index in [1.807, 2.05) is 0 Å². The van der Waals surface area contributed by atoms with E-state index in [1.54, 1.807) is 19.1 Å². The molecule has 1 heterocycles. The monoisotopic (exact) mass is 303 g/mol. The van der Waals surface area contributed by atoms with Gasteiger partial charge >= 0.3 is 5.97 Å². The molecule has 1 aromatic rings. The van der Waals surface area contributed by atoms with Gasteiger partial charge in [-0.25, -0.2) is 8.42 Å².